The van der Waals surface area contributed by atoms with Gasteiger partial charge < -0.3 is 4.74 Å². The smallest absolute Gasteiger partial charge is 0.302 e. The quantitative estimate of drug-likeness (QED) is 0.422. The van der Waals surface area contributed by atoms with Crippen molar-refractivity contribution in [1.82, 2.24) is 0 Å². The maximum Gasteiger partial charge on any atom is 0.302 e. The third-order valence-electron chi connectivity index (χ3n) is 4.29. The summed E-state index contributed by atoms with van der Waals surface area (Å²) in [7, 11) is 0. The summed E-state index contributed by atoms with van der Waals surface area (Å²) in [5.41, 5.74) is 1.49. The molecule has 0 aromatic carbocycles. The Morgan fingerprint density at radius 1 is 1.63 bits per heavy atom. The zero-order valence-electron chi connectivity index (χ0n) is 12.2. The fourth-order valence-electron chi connectivity index (χ4n) is 2.83. The zero-order chi connectivity index (χ0) is 14.6. The molecular weight excluding hydrogens is 304 g/mol. The molecule has 1 fully saturated rings. The van der Waals surface area contributed by atoms with Gasteiger partial charge in [-0.15, -0.1) is 6.58 Å². The summed E-state index contributed by atoms with van der Waals surface area (Å²) in [6, 6.07) is 0. The molecule has 19 heavy (non-hydrogen) atoms. The van der Waals surface area contributed by atoms with Crippen molar-refractivity contribution in [3.63, 3.8) is 0 Å². The number of carbonyl (C=O) groups excluding carboxylic acids is 1. The first-order valence-electron chi connectivity index (χ1n) is 6.86. The number of esters is 1. The maximum absolute atomic E-state index is 10.9. The Bertz CT molecular complexity index is 360. The van der Waals surface area contributed by atoms with E-state index >= 15 is 0 Å². The molecule has 3 atom stereocenters. The minimum atomic E-state index is -0.230. The average Bonchev–Trinajstić information content (AvgIpc) is 2.33. The Morgan fingerprint density at radius 2 is 2.26 bits per heavy atom. The molecule has 0 spiro atoms. The minimum absolute atomic E-state index is 0.173. The number of hydrogen-bond donors (Lipinski definition) is 0. The number of alkyl halides is 1. The van der Waals surface area contributed by atoms with Crippen LogP contribution in [-0.4, -0.2) is 17.4 Å². The van der Waals surface area contributed by atoms with Gasteiger partial charge in [0, 0.05) is 17.7 Å². The molecular formula is C16H25BrO2. The third-order valence-corrected chi connectivity index (χ3v) is 5.93. The zero-order valence-corrected chi connectivity index (χ0v) is 13.8. The summed E-state index contributed by atoms with van der Waals surface area (Å²) in [6.45, 7) is 14.5. The molecule has 0 aromatic heterocycles. The molecule has 0 N–H and O–H groups in total. The lowest BCUT2D eigenvalue weighted by molar-refractivity contribution is -0.142. The van der Waals surface area contributed by atoms with Crippen LogP contribution in [0.1, 0.15) is 40.0 Å². The second-order valence-corrected chi connectivity index (χ2v) is 7.18. The largest absolute Gasteiger partial charge is 0.465 e. The van der Waals surface area contributed by atoms with E-state index in [1.165, 1.54) is 12.5 Å². The number of hydrogen-bond acceptors (Lipinski definition) is 2. The maximum atomic E-state index is 10.9. The van der Waals surface area contributed by atoms with Gasteiger partial charge in [0.1, 0.15) is 0 Å². The van der Waals surface area contributed by atoms with Gasteiger partial charge in [-0.25, -0.2) is 0 Å². The van der Waals surface area contributed by atoms with Crippen molar-refractivity contribution in [2.24, 2.45) is 17.3 Å². The summed E-state index contributed by atoms with van der Waals surface area (Å²) >= 11 is 3.80. The van der Waals surface area contributed by atoms with Crippen LogP contribution in [0.15, 0.2) is 24.8 Å². The summed E-state index contributed by atoms with van der Waals surface area (Å²) in [5.74, 6) is 0.402. The van der Waals surface area contributed by atoms with E-state index in [1.807, 2.05) is 6.08 Å². The molecule has 0 radical (unpaired) electrons. The molecule has 0 heterocycles. The molecule has 3 heteroatoms. The molecule has 1 rings (SSSR count). The van der Waals surface area contributed by atoms with Crippen LogP contribution in [0, 0.1) is 17.3 Å². The third kappa shape index (κ3) is 4.20. The topological polar surface area (TPSA) is 26.3 Å². The van der Waals surface area contributed by atoms with Gasteiger partial charge >= 0.3 is 5.97 Å². The highest BCUT2D eigenvalue weighted by molar-refractivity contribution is 9.09. The van der Waals surface area contributed by atoms with Crippen LogP contribution in [0.25, 0.3) is 0 Å². The van der Waals surface area contributed by atoms with Gasteiger partial charge in [-0.3, -0.25) is 4.79 Å². The molecule has 1 saturated carbocycles. The Labute approximate surface area is 125 Å². The number of rotatable bonds is 5. The summed E-state index contributed by atoms with van der Waals surface area (Å²) in [5, 5.41) is 0. The van der Waals surface area contributed by atoms with Gasteiger partial charge in [-0.1, -0.05) is 48.0 Å². The predicted molar refractivity (Wildman–Crippen MR) is 83.3 cm³/mol. The van der Waals surface area contributed by atoms with Crippen LogP contribution in [0.4, 0.5) is 0 Å². The molecule has 0 bridgehead atoms. The second-order valence-electron chi connectivity index (χ2n) is 6.07. The molecule has 0 aliphatic heterocycles. The van der Waals surface area contributed by atoms with Crippen LogP contribution in [0.5, 0.6) is 0 Å². The average molecular weight is 329 g/mol. The van der Waals surface area contributed by atoms with Crippen molar-refractivity contribution >= 4 is 21.9 Å². The molecule has 0 unspecified atom stereocenters. The first-order chi connectivity index (χ1) is 8.78. The van der Waals surface area contributed by atoms with E-state index in [0.29, 0.717) is 17.4 Å². The van der Waals surface area contributed by atoms with Crippen LogP contribution in [0.3, 0.4) is 0 Å². The first kappa shape index (κ1) is 16.5. The fourth-order valence-corrected chi connectivity index (χ4v) is 3.38. The van der Waals surface area contributed by atoms with E-state index in [0.717, 1.165) is 19.3 Å². The summed E-state index contributed by atoms with van der Waals surface area (Å²) < 4.78 is 5.12. The van der Waals surface area contributed by atoms with Gasteiger partial charge in [0.2, 0.25) is 0 Å². The molecule has 0 saturated heterocycles. The highest BCUT2D eigenvalue weighted by atomic mass is 79.9. The normalized spacial score (nSPS) is 27.7. The lowest BCUT2D eigenvalue weighted by atomic mass is 9.64. The van der Waals surface area contributed by atoms with E-state index in [-0.39, 0.29) is 17.3 Å². The Morgan fingerprint density at radius 3 is 2.79 bits per heavy atom. The highest BCUT2D eigenvalue weighted by Crippen LogP contribution is 2.49. The van der Waals surface area contributed by atoms with Crippen molar-refractivity contribution in [3.8, 4) is 0 Å². The van der Waals surface area contributed by atoms with Gasteiger partial charge in [0.15, 0.2) is 0 Å². The second kappa shape index (κ2) is 6.74. The molecule has 0 aromatic rings. The number of ether oxygens (including phenoxy) is 1. The predicted octanol–water partition coefficient (Wildman–Crippen LogP) is 4.50. The Hall–Kier alpha value is -0.570. The molecule has 1 aliphatic carbocycles. The summed E-state index contributed by atoms with van der Waals surface area (Å²) in [4.78, 5) is 11.4. The lowest BCUT2D eigenvalue weighted by Crippen LogP contribution is -2.39. The van der Waals surface area contributed by atoms with Crippen LogP contribution in [-0.2, 0) is 9.53 Å². The number of carbonyl (C=O) groups is 1. The van der Waals surface area contributed by atoms with Gasteiger partial charge in [0.25, 0.3) is 0 Å². The van der Waals surface area contributed by atoms with E-state index in [9.17, 15) is 4.79 Å². The van der Waals surface area contributed by atoms with Crippen molar-refractivity contribution in [2.75, 3.05) is 6.61 Å². The Kier molecular flexibility index (Phi) is 5.84. The lowest BCUT2D eigenvalue weighted by Gasteiger charge is -2.45. The standard InChI is InChI=1S/C16H25BrO2/c1-6-13(10-19-12(3)18)9-14-11(2)7-8-15(17)16(14,4)5/h6,13-15H,1-2,7-10H2,3-5H3/t13-,14-,15-/m1/s1. The highest BCUT2D eigenvalue weighted by Gasteiger charge is 2.41. The van der Waals surface area contributed by atoms with Gasteiger partial charge in [-0.2, -0.15) is 0 Å². The molecule has 2 nitrogen and oxygen atoms in total. The SMILES string of the molecule is C=C[C@@H](COC(C)=O)C[C@@H]1C(=C)CC[C@@H](Br)C1(C)C. The Balaban J connectivity index is 2.72. The summed E-state index contributed by atoms with van der Waals surface area (Å²) in [6.07, 6.45) is 5.06. The van der Waals surface area contributed by atoms with Crippen LogP contribution >= 0.6 is 15.9 Å². The number of halogens is 1. The monoisotopic (exact) mass is 328 g/mol. The van der Waals surface area contributed by atoms with E-state index in [2.05, 4.69) is 42.9 Å². The van der Waals surface area contributed by atoms with Crippen molar-refractivity contribution in [2.45, 2.75) is 44.9 Å². The van der Waals surface area contributed by atoms with Gasteiger partial charge in [-0.05, 0) is 30.6 Å². The van der Waals surface area contributed by atoms with E-state index in [1.54, 1.807) is 0 Å². The van der Waals surface area contributed by atoms with Crippen LogP contribution in [0.2, 0.25) is 0 Å². The van der Waals surface area contributed by atoms with Crippen LogP contribution < -0.4 is 0 Å². The minimum Gasteiger partial charge on any atom is -0.465 e. The van der Waals surface area contributed by atoms with Crippen molar-refractivity contribution < 1.29 is 9.53 Å². The molecule has 1 aliphatic rings. The van der Waals surface area contributed by atoms with Crippen molar-refractivity contribution in [1.29, 1.82) is 0 Å². The number of allylic oxidation sites excluding steroid dienone is 1. The molecule has 108 valence electrons. The fraction of sp³-hybridized carbons (Fsp3) is 0.688. The van der Waals surface area contributed by atoms with Crippen molar-refractivity contribution in [3.05, 3.63) is 24.8 Å². The van der Waals surface area contributed by atoms with E-state index < -0.39 is 0 Å². The van der Waals surface area contributed by atoms with Gasteiger partial charge in [0.05, 0.1) is 6.61 Å². The van der Waals surface area contributed by atoms with E-state index in [4.69, 9.17) is 4.74 Å². The molecule has 0 amide bonds. The first-order valence-corrected chi connectivity index (χ1v) is 7.78.